The molecule has 108 valence electrons. The molecule has 19 heavy (non-hydrogen) atoms. The molecule has 7 heteroatoms. The molecular formula is C12H16Cl4N2O. The Morgan fingerprint density at radius 1 is 1.21 bits per heavy atom. The average molecular weight is 346 g/mol. The Morgan fingerprint density at radius 2 is 1.79 bits per heavy atom. The van der Waals surface area contributed by atoms with Crippen molar-refractivity contribution in [1.82, 2.24) is 4.98 Å². The lowest BCUT2D eigenvalue weighted by molar-refractivity contribution is 0.275. The molecule has 1 saturated heterocycles. The number of carbonyl (C=O) groups excluding carboxylic acids is 1. The van der Waals surface area contributed by atoms with Crippen molar-refractivity contribution in [3.8, 4) is 0 Å². The van der Waals surface area contributed by atoms with Crippen molar-refractivity contribution in [2.75, 3.05) is 18.0 Å². The summed E-state index contributed by atoms with van der Waals surface area (Å²) in [5.41, 5.74) is 1.43. The van der Waals surface area contributed by atoms with Crippen LogP contribution in [0.15, 0.2) is 18.3 Å². The van der Waals surface area contributed by atoms with E-state index in [1.165, 1.54) is 37.9 Å². The highest BCUT2D eigenvalue weighted by atomic mass is 35.5. The molecule has 1 aromatic heterocycles. The summed E-state index contributed by atoms with van der Waals surface area (Å²) in [5, 5.41) is 0. The molecule has 0 atom stereocenters. The molecule has 0 N–H and O–H groups in total. The van der Waals surface area contributed by atoms with Gasteiger partial charge in [0.15, 0.2) is 0 Å². The summed E-state index contributed by atoms with van der Waals surface area (Å²) in [7, 11) is 0. The number of hydrogen-bond acceptors (Lipinski definition) is 3. The minimum Gasteiger partial charge on any atom is -0.356 e. The van der Waals surface area contributed by atoms with Crippen LogP contribution in [0, 0.1) is 0 Å². The molecule has 2 heterocycles. The zero-order chi connectivity index (χ0) is 12.3. The third-order valence-electron chi connectivity index (χ3n) is 3.00. The predicted molar refractivity (Wildman–Crippen MR) is 84.6 cm³/mol. The number of aromatic nitrogens is 1. The van der Waals surface area contributed by atoms with E-state index in [0.29, 0.717) is 0 Å². The second-order valence-electron chi connectivity index (χ2n) is 4.29. The molecule has 0 amide bonds. The van der Waals surface area contributed by atoms with Gasteiger partial charge in [0.1, 0.15) is 5.82 Å². The normalized spacial score (nSPS) is 16.0. The van der Waals surface area contributed by atoms with Crippen molar-refractivity contribution in [3.63, 3.8) is 0 Å². The molecule has 2 aliphatic rings. The number of halogens is 4. The molecule has 3 nitrogen and oxygen atoms in total. The number of rotatable bonds is 2. The molecule has 0 radical (unpaired) electrons. The lowest BCUT2D eigenvalue weighted by Crippen LogP contribution is -2.37. The molecular weight excluding hydrogens is 330 g/mol. The predicted octanol–water partition coefficient (Wildman–Crippen LogP) is 4.60. The molecule has 0 bridgehead atoms. The van der Waals surface area contributed by atoms with E-state index in [1.54, 1.807) is 0 Å². The Hall–Kier alpha value is -0.220. The third kappa shape index (κ3) is 6.17. The van der Waals surface area contributed by atoms with Gasteiger partial charge in [0.2, 0.25) is 0 Å². The van der Waals surface area contributed by atoms with Crippen molar-refractivity contribution in [1.29, 1.82) is 0 Å². The molecule has 1 saturated carbocycles. The minimum atomic E-state index is -0.889. The van der Waals surface area contributed by atoms with Crippen LogP contribution in [0.3, 0.4) is 0 Å². The second-order valence-corrected chi connectivity index (χ2v) is 5.17. The van der Waals surface area contributed by atoms with Crippen LogP contribution in [0.25, 0.3) is 0 Å². The van der Waals surface area contributed by atoms with E-state index < -0.39 is 4.70 Å². The second kappa shape index (κ2) is 8.85. The zero-order valence-electron chi connectivity index (χ0n) is 10.2. The van der Waals surface area contributed by atoms with Crippen LogP contribution in [-0.2, 0) is 0 Å². The first kappa shape index (κ1) is 18.8. The van der Waals surface area contributed by atoms with Crippen molar-refractivity contribution >= 4 is 58.5 Å². The van der Waals surface area contributed by atoms with Gasteiger partial charge in [-0.2, -0.15) is 0 Å². The number of anilines is 1. The maximum Gasteiger partial charge on any atom is 0.313 e. The third-order valence-corrected chi connectivity index (χ3v) is 3.00. The summed E-state index contributed by atoms with van der Waals surface area (Å²) in [6.07, 6.45) is 6.12. The molecule has 1 aliphatic carbocycles. The molecule has 1 aromatic rings. The molecule has 0 aromatic carbocycles. The topological polar surface area (TPSA) is 33.2 Å². The Labute approximate surface area is 135 Å². The Kier molecular flexibility index (Phi) is 8.75. The van der Waals surface area contributed by atoms with E-state index in [-0.39, 0.29) is 24.8 Å². The number of carbonyl (C=O) groups is 1. The summed E-state index contributed by atoms with van der Waals surface area (Å²) in [6, 6.07) is 4.42. The summed E-state index contributed by atoms with van der Waals surface area (Å²) < 4.78 is -0.889. The number of pyridine rings is 1. The maximum atomic E-state index is 8.98. The van der Waals surface area contributed by atoms with Gasteiger partial charge in [-0.3, -0.25) is 4.79 Å². The van der Waals surface area contributed by atoms with E-state index in [1.807, 2.05) is 0 Å². The smallest absolute Gasteiger partial charge is 0.313 e. The van der Waals surface area contributed by atoms with Crippen LogP contribution in [0.4, 0.5) is 10.6 Å². The molecule has 0 spiro atoms. The van der Waals surface area contributed by atoms with Gasteiger partial charge in [-0.1, -0.05) is 6.07 Å². The average Bonchev–Trinajstić information content (AvgIpc) is 2.98. The summed E-state index contributed by atoms with van der Waals surface area (Å²) in [6.45, 7) is 2.38. The van der Waals surface area contributed by atoms with Crippen LogP contribution in [0.5, 0.6) is 0 Å². The molecule has 1 aliphatic heterocycles. The fourth-order valence-electron chi connectivity index (χ4n) is 1.79. The van der Waals surface area contributed by atoms with E-state index >= 15 is 0 Å². The Morgan fingerprint density at radius 3 is 2.11 bits per heavy atom. The first-order valence-electron chi connectivity index (χ1n) is 5.72. The highest BCUT2D eigenvalue weighted by Gasteiger charge is 2.24. The first-order chi connectivity index (χ1) is 8.16. The van der Waals surface area contributed by atoms with Crippen molar-refractivity contribution in [2.24, 2.45) is 0 Å². The van der Waals surface area contributed by atoms with Crippen LogP contribution >= 0.6 is 48.0 Å². The quantitative estimate of drug-likeness (QED) is 0.734. The van der Waals surface area contributed by atoms with Crippen LogP contribution < -0.4 is 4.90 Å². The summed E-state index contributed by atoms with van der Waals surface area (Å²) in [5.74, 6) is 1.99. The van der Waals surface area contributed by atoms with Gasteiger partial charge in [-0.15, -0.1) is 24.8 Å². The minimum absolute atomic E-state index is 0. The van der Waals surface area contributed by atoms with Crippen LogP contribution in [0.1, 0.15) is 30.7 Å². The lowest BCUT2D eigenvalue weighted by Gasteiger charge is -2.31. The SMILES string of the molecule is Cl.Cl.O=C(Cl)Cl.c1cc(N2CCC2)ncc1C1CC1. The van der Waals surface area contributed by atoms with Crippen molar-refractivity contribution in [2.45, 2.75) is 25.2 Å². The largest absolute Gasteiger partial charge is 0.356 e. The highest BCUT2D eigenvalue weighted by molar-refractivity contribution is 6.93. The van der Waals surface area contributed by atoms with Gasteiger partial charge < -0.3 is 4.90 Å². The summed E-state index contributed by atoms with van der Waals surface area (Å²) in [4.78, 5) is 15.8. The lowest BCUT2D eigenvalue weighted by atomic mass is 10.2. The maximum absolute atomic E-state index is 8.98. The standard InChI is InChI=1S/C11H14N2.CCl2O.2ClH/c1-6-13(7-1)11-5-4-10(8-12-11)9-2-3-9;2-1(3)4;;/h4-5,8-9H,1-3,6-7H2;;2*1H. The molecule has 0 unspecified atom stereocenters. The summed E-state index contributed by atoms with van der Waals surface area (Å²) >= 11 is 8.80. The molecule has 2 fully saturated rings. The van der Waals surface area contributed by atoms with Crippen LogP contribution in [0.2, 0.25) is 0 Å². The zero-order valence-corrected chi connectivity index (χ0v) is 13.4. The van der Waals surface area contributed by atoms with E-state index in [4.69, 9.17) is 4.79 Å². The van der Waals surface area contributed by atoms with Gasteiger partial charge in [-0.25, -0.2) is 4.98 Å². The number of hydrogen-bond donors (Lipinski definition) is 0. The Bertz CT molecular complexity index is 387. The van der Waals surface area contributed by atoms with E-state index in [9.17, 15) is 0 Å². The van der Waals surface area contributed by atoms with Crippen LogP contribution in [-0.4, -0.2) is 22.8 Å². The monoisotopic (exact) mass is 344 g/mol. The van der Waals surface area contributed by atoms with Gasteiger partial charge in [0.05, 0.1) is 0 Å². The van der Waals surface area contributed by atoms with Crippen molar-refractivity contribution < 1.29 is 4.79 Å². The van der Waals surface area contributed by atoms with Gasteiger partial charge in [-0.05, 0) is 60.0 Å². The fourth-order valence-corrected chi connectivity index (χ4v) is 1.79. The highest BCUT2D eigenvalue weighted by Crippen LogP contribution is 2.39. The van der Waals surface area contributed by atoms with Gasteiger partial charge in [0, 0.05) is 19.3 Å². The van der Waals surface area contributed by atoms with Crippen molar-refractivity contribution in [3.05, 3.63) is 23.9 Å². The van der Waals surface area contributed by atoms with Gasteiger partial charge >= 0.3 is 4.70 Å². The van der Waals surface area contributed by atoms with E-state index in [0.717, 1.165) is 11.7 Å². The van der Waals surface area contributed by atoms with Gasteiger partial charge in [0.25, 0.3) is 0 Å². The first-order valence-corrected chi connectivity index (χ1v) is 6.48. The molecule has 3 rings (SSSR count). The fraction of sp³-hybridized carbons (Fsp3) is 0.500. The Balaban J connectivity index is 0.000000486. The number of nitrogens with zero attached hydrogens (tertiary/aromatic N) is 2. The van der Waals surface area contributed by atoms with E-state index in [2.05, 4.69) is 51.4 Å².